The molecule has 2 rings (SSSR count). The summed E-state index contributed by atoms with van der Waals surface area (Å²) in [5, 5.41) is 5.97. The second-order valence-corrected chi connectivity index (χ2v) is 8.10. The number of nitrogens with one attached hydrogen (secondary N) is 2. The van der Waals surface area contributed by atoms with Gasteiger partial charge in [-0.1, -0.05) is 18.2 Å². The maximum Gasteiger partial charge on any atom is 0.286 e. The molecule has 0 radical (unpaired) electrons. The lowest BCUT2D eigenvalue weighted by Crippen LogP contribution is -2.54. The summed E-state index contributed by atoms with van der Waals surface area (Å²) in [7, 11) is 1.34. The molecular weight excluding hydrogens is 404 g/mol. The molecule has 2 unspecified atom stereocenters. The van der Waals surface area contributed by atoms with Gasteiger partial charge in [-0.2, -0.15) is 4.99 Å². The predicted octanol–water partition coefficient (Wildman–Crippen LogP) is 2.82. The predicted molar refractivity (Wildman–Crippen MR) is 117 cm³/mol. The first kappa shape index (κ1) is 24.2. The van der Waals surface area contributed by atoms with Crippen LogP contribution in [0.4, 0.5) is 8.78 Å². The monoisotopic (exact) mass is 433 g/mol. The third kappa shape index (κ3) is 7.30. The number of hydrogen-bond donors (Lipinski definition) is 4. The van der Waals surface area contributed by atoms with E-state index in [0.29, 0.717) is 5.56 Å². The van der Waals surface area contributed by atoms with E-state index in [9.17, 15) is 13.6 Å². The third-order valence-corrected chi connectivity index (χ3v) is 4.24. The Morgan fingerprint density at radius 2 is 1.77 bits per heavy atom. The molecule has 31 heavy (non-hydrogen) atoms. The Morgan fingerprint density at radius 1 is 1.13 bits per heavy atom. The summed E-state index contributed by atoms with van der Waals surface area (Å²) in [6.45, 7) is 5.61. The highest BCUT2D eigenvalue weighted by atomic mass is 19.1. The number of aliphatic imine (C=N–C) groups is 1. The van der Waals surface area contributed by atoms with Crippen molar-refractivity contribution >= 4 is 11.9 Å². The van der Waals surface area contributed by atoms with E-state index in [1.807, 2.05) is 20.8 Å². The lowest BCUT2D eigenvalue weighted by Gasteiger charge is -2.27. The van der Waals surface area contributed by atoms with E-state index < -0.39 is 29.5 Å². The Morgan fingerprint density at radius 3 is 2.35 bits per heavy atom. The van der Waals surface area contributed by atoms with Crippen LogP contribution in [0.25, 0.3) is 0 Å². The average Bonchev–Trinajstić information content (AvgIpc) is 2.66. The van der Waals surface area contributed by atoms with Crippen molar-refractivity contribution < 1.29 is 18.3 Å². The van der Waals surface area contributed by atoms with Crippen LogP contribution in [0.15, 0.2) is 47.5 Å². The molecule has 7 nitrogen and oxygen atoms in total. The smallest absolute Gasteiger partial charge is 0.286 e. The van der Waals surface area contributed by atoms with Gasteiger partial charge in [-0.3, -0.25) is 4.79 Å². The largest absolute Gasteiger partial charge is 0.496 e. The van der Waals surface area contributed by atoms with Gasteiger partial charge >= 0.3 is 0 Å². The molecule has 168 valence electrons. The third-order valence-electron chi connectivity index (χ3n) is 4.24. The van der Waals surface area contributed by atoms with Crippen molar-refractivity contribution in [2.45, 2.75) is 44.9 Å². The van der Waals surface area contributed by atoms with Crippen LogP contribution >= 0.6 is 0 Å². The van der Waals surface area contributed by atoms with Crippen molar-refractivity contribution in [1.29, 1.82) is 0 Å². The molecule has 6 N–H and O–H groups in total. The Bertz CT molecular complexity index is 926. The number of nitrogens with two attached hydrogens (primary N) is 2. The van der Waals surface area contributed by atoms with Crippen molar-refractivity contribution in [2.24, 2.45) is 16.5 Å². The van der Waals surface area contributed by atoms with Crippen LogP contribution < -0.4 is 26.8 Å². The fourth-order valence-corrected chi connectivity index (χ4v) is 2.85. The molecule has 0 fully saturated rings. The number of nitrogens with zero attached hydrogens (tertiary/aromatic N) is 1. The van der Waals surface area contributed by atoms with Crippen molar-refractivity contribution in [3.63, 3.8) is 0 Å². The molecule has 2 aromatic rings. The zero-order chi connectivity index (χ0) is 23.2. The molecule has 2 aromatic carbocycles. The van der Waals surface area contributed by atoms with Crippen molar-refractivity contribution in [2.75, 3.05) is 7.11 Å². The summed E-state index contributed by atoms with van der Waals surface area (Å²) < 4.78 is 32.4. The minimum absolute atomic E-state index is 0.0709. The van der Waals surface area contributed by atoms with E-state index in [2.05, 4.69) is 15.6 Å². The Balaban J connectivity index is 2.21. The molecule has 0 aliphatic rings. The van der Waals surface area contributed by atoms with Crippen molar-refractivity contribution in [3.05, 3.63) is 65.2 Å². The number of hydrogen-bond acceptors (Lipinski definition) is 4. The van der Waals surface area contributed by atoms with Crippen LogP contribution in [0.2, 0.25) is 0 Å². The quantitative estimate of drug-likeness (QED) is 0.316. The molecule has 0 spiro atoms. The number of guanidine groups is 1. The first-order valence-corrected chi connectivity index (χ1v) is 9.77. The number of carbonyl (C=O) groups is 1. The molecule has 2 atom stereocenters. The summed E-state index contributed by atoms with van der Waals surface area (Å²) in [5.41, 5.74) is 12.3. The van der Waals surface area contributed by atoms with Gasteiger partial charge in [-0.25, -0.2) is 8.78 Å². The van der Waals surface area contributed by atoms with E-state index >= 15 is 0 Å². The van der Waals surface area contributed by atoms with E-state index in [4.69, 9.17) is 16.2 Å². The summed E-state index contributed by atoms with van der Waals surface area (Å²) in [4.78, 5) is 16.7. The van der Waals surface area contributed by atoms with Crippen LogP contribution in [0, 0.1) is 11.6 Å². The maximum atomic E-state index is 14.2. The van der Waals surface area contributed by atoms with E-state index in [1.54, 1.807) is 12.1 Å². The fraction of sp³-hybridized carbons (Fsp3) is 0.364. The van der Waals surface area contributed by atoms with E-state index in [-0.39, 0.29) is 29.5 Å². The number of ether oxygens (including phenoxy) is 1. The lowest BCUT2D eigenvalue weighted by molar-refractivity contribution is 0.0995. The number of benzene rings is 2. The minimum atomic E-state index is -0.829. The van der Waals surface area contributed by atoms with Gasteiger partial charge in [0.15, 0.2) is 0 Å². The molecule has 0 aromatic heterocycles. The Kier molecular flexibility index (Phi) is 8.07. The second kappa shape index (κ2) is 10.3. The van der Waals surface area contributed by atoms with Gasteiger partial charge in [0.05, 0.1) is 13.3 Å². The summed E-state index contributed by atoms with van der Waals surface area (Å²) in [6.07, 6.45) is -0.419. The second-order valence-electron chi connectivity index (χ2n) is 8.10. The molecule has 0 heterocycles. The van der Waals surface area contributed by atoms with Gasteiger partial charge in [0.25, 0.3) is 5.91 Å². The van der Waals surface area contributed by atoms with Gasteiger partial charge in [-0.15, -0.1) is 0 Å². The molecular formula is C22H29F2N5O2. The highest BCUT2D eigenvalue weighted by molar-refractivity contribution is 6.04. The molecule has 0 saturated carbocycles. The van der Waals surface area contributed by atoms with Gasteiger partial charge in [0, 0.05) is 11.6 Å². The number of carbonyl (C=O) groups excluding carboxylic acids is 1. The number of amides is 1. The van der Waals surface area contributed by atoms with Crippen LogP contribution in [0.3, 0.4) is 0 Å². The Labute approximate surface area is 180 Å². The number of rotatable bonds is 6. The molecule has 0 aliphatic heterocycles. The van der Waals surface area contributed by atoms with Crippen LogP contribution in [-0.2, 0) is 0 Å². The standard InChI is InChI=1S/C22H29F2N5O2/c1-22(2,3)29-21(28-20(30)19-15(24)6-5-7-17(19)31-4)27-18(26)12-16(25)13-8-10-14(23)11-9-13/h5-11,16,18H,12,25-26H2,1-4H3,(H2,27,28,29,30). The molecule has 0 saturated heterocycles. The molecule has 0 bridgehead atoms. The Hall–Kier alpha value is -3.04. The number of halogens is 2. The van der Waals surface area contributed by atoms with Gasteiger partial charge in [0.2, 0.25) is 5.96 Å². The van der Waals surface area contributed by atoms with Crippen molar-refractivity contribution in [3.8, 4) is 5.75 Å². The zero-order valence-corrected chi connectivity index (χ0v) is 18.1. The highest BCUT2D eigenvalue weighted by Gasteiger charge is 2.21. The summed E-state index contributed by atoms with van der Waals surface area (Å²) in [5.74, 6) is -1.78. The fourth-order valence-electron chi connectivity index (χ4n) is 2.85. The lowest BCUT2D eigenvalue weighted by atomic mass is 10.0. The zero-order valence-electron chi connectivity index (χ0n) is 18.1. The van der Waals surface area contributed by atoms with Crippen LogP contribution in [0.5, 0.6) is 5.75 Å². The first-order chi connectivity index (χ1) is 14.5. The van der Waals surface area contributed by atoms with Gasteiger partial charge < -0.3 is 26.8 Å². The average molecular weight is 434 g/mol. The molecule has 9 heteroatoms. The first-order valence-electron chi connectivity index (χ1n) is 9.77. The van der Waals surface area contributed by atoms with Gasteiger partial charge in [-0.05, 0) is 57.0 Å². The van der Waals surface area contributed by atoms with Crippen LogP contribution in [0.1, 0.15) is 49.2 Å². The maximum absolute atomic E-state index is 14.2. The highest BCUT2D eigenvalue weighted by Crippen LogP contribution is 2.22. The molecule has 0 aliphatic carbocycles. The number of methoxy groups -OCH3 is 1. The minimum Gasteiger partial charge on any atom is -0.496 e. The molecule has 1 amide bonds. The van der Waals surface area contributed by atoms with E-state index in [0.717, 1.165) is 6.07 Å². The summed E-state index contributed by atoms with van der Waals surface area (Å²) >= 11 is 0. The van der Waals surface area contributed by atoms with E-state index in [1.165, 1.54) is 31.4 Å². The van der Waals surface area contributed by atoms with Gasteiger partial charge in [0.1, 0.15) is 22.9 Å². The topological polar surface area (TPSA) is 115 Å². The summed E-state index contributed by atoms with van der Waals surface area (Å²) in [6, 6.07) is 9.42. The van der Waals surface area contributed by atoms with Crippen LogP contribution in [-0.4, -0.2) is 30.7 Å². The SMILES string of the molecule is COc1cccc(F)c1C(=O)/N=C(\NC(N)CC(N)c1ccc(F)cc1)NC(C)(C)C. The normalized spacial score (nSPS) is 14.0. The van der Waals surface area contributed by atoms with Crippen molar-refractivity contribution in [1.82, 2.24) is 10.6 Å².